The predicted octanol–water partition coefficient (Wildman–Crippen LogP) is 0.770. The van der Waals surface area contributed by atoms with E-state index in [1.54, 1.807) is 6.07 Å². The molecule has 2 aromatic rings. The summed E-state index contributed by atoms with van der Waals surface area (Å²) in [6.45, 7) is 0.490. The first-order valence-electron chi connectivity index (χ1n) is 5.36. The molecule has 92 valence electrons. The molecule has 0 atom stereocenters. The van der Waals surface area contributed by atoms with Crippen molar-refractivity contribution in [2.75, 3.05) is 11.1 Å². The average Bonchev–Trinajstić information content (AvgIpc) is 2.37. The van der Waals surface area contributed by atoms with Crippen LogP contribution in [0.1, 0.15) is 16.1 Å². The Morgan fingerprint density at radius 2 is 2.06 bits per heavy atom. The molecule has 0 fully saturated rings. The molecule has 0 unspecified atom stereocenters. The van der Waals surface area contributed by atoms with Crippen LogP contribution in [0.25, 0.3) is 0 Å². The fourth-order valence-corrected chi connectivity index (χ4v) is 1.54. The highest BCUT2D eigenvalue weighted by Crippen LogP contribution is 2.11. The molecule has 0 aliphatic rings. The first-order valence-corrected chi connectivity index (χ1v) is 5.36. The predicted molar refractivity (Wildman–Crippen MR) is 68.7 cm³/mol. The van der Waals surface area contributed by atoms with Gasteiger partial charge in [-0.1, -0.05) is 12.1 Å². The minimum Gasteiger partial charge on any atom is -0.399 e. The van der Waals surface area contributed by atoms with Crippen molar-refractivity contribution in [1.29, 1.82) is 0 Å². The number of hydrogen-bond donors (Lipinski definition) is 3. The summed E-state index contributed by atoms with van der Waals surface area (Å²) in [6, 6.07) is 7.43. The Labute approximate surface area is 104 Å². The summed E-state index contributed by atoms with van der Waals surface area (Å²) in [4.78, 5) is 19.1. The normalized spacial score (nSPS) is 10.0. The number of hydrogen-bond acceptors (Lipinski definition) is 5. The molecule has 0 aliphatic heterocycles. The maximum absolute atomic E-state index is 11.1. The van der Waals surface area contributed by atoms with Crippen molar-refractivity contribution in [2.45, 2.75) is 6.54 Å². The standard InChI is InChI=1S/C12H13N5O/c13-9-3-1-2-8(6-9)7-17-12-10(11(14)18)15-4-5-16-12/h1-6H,7,13H2,(H2,14,18)(H,16,17). The van der Waals surface area contributed by atoms with E-state index >= 15 is 0 Å². The van der Waals surface area contributed by atoms with E-state index in [4.69, 9.17) is 11.5 Å². The van der Waals surface area contributed by atoms with E-state index in [0.29, 0.717) is 18.1 Å². The lowest BCUT2D eigenvalue weighted by atomic mass is 10.2. The highest BCUT2D eigenvalue weighted by Gasteiger charge is 2.09. The molecular formula is C12H13N5O. The zero-order valence-electron chi connectivity index (χ0n) is 9.63. The van der Waals surface area contributed by atoms with Gasteiger partial charge in [-0.15, -0.1) is 0 Å². The lowest BCUT2D eigenvalue weighted by Gasteiger charge is -2.08. The third-order valence-electron chi connectivity index (χ3n) is 2.34. The van der Waals surface area contributed by atoms with E-state index in [1.807, 2.05) is 18.2 Å². The summed E-state index contributed by atoms with van der Waals surface area (Å²) in [7, 11) is 0. The fourth-order valence-electron chi connectivity index (χ4n) is 1.54. The Bertz CT molecular complexity index is 570. The molecule has 0 spiro atoms. The Balaban J connectivity index is 2.13. The molecule has 0 saturated carbocycles. The van der Waals surface area contributed by atoms with Crippen LogP contribution in [-0.2, 0) is 6.54 Å². The van der Waals surface area contributed by atoms with Gasteiger partial charge in [0, 0.05) is 24.6 Å². The summed E-state index contributed by atoms with van der Waals surface area (Å²) in [5, 5.41) is 3.01. The number of nitrogen functional groups attached to an aromatic ring is 1. The van der Waals surface area contributed by atoms with Crippen LogP contribution in [-0.4, -0.2) is 15.9 Å². The second kappa shape index (κ2) is 5.13. The first-order chi connectivity index (χ1) is 8.66. The number of amides is 1. The van der Waals surface area contributed by atoms with Crippen molar-refractivity contribution in [3.8, 4) is 0 Å². The molecule has 0 saturated heterocycles. The highest BCUT2D eigenvalue weighted by molar-refractivity contribution is 5.95. The molecule has 1 aromatic heterocycles. The summed E-state index contributed by atoms with van der Waals surface area (Å²) in [5.74, 6) is -0.245. The van der Waals surface area contributed by atoms with Crippen LogP contribution in [0.4, 0.5) is 11.5 Å². The van der Waals surface area contributed by atoms with E-state index < -0.39 is 5.91 Å². The van der Waals surface area contributed by atoms with Crippen LogP contribution >= 0.6 is 0 Å². The van der Waals surface area contributed by atoms with Gasteiger partial charge in [-0.05, 0) is 17.7 Å². The van der Waals surface area contributed by atoms with E-state index in [0.717, 1.165) is 5.56 Å². The molecule has 1 heterocycles. The van der Waals surface area contributed by atoms with Crippen molar-refractivity contribution in [3.05, 3.63) is 47.9 Å². The average molecular weight is 243 g/mol. The number of rotatable bonds is 4. The van der Waals surface area contributed by atoms with Crippen LogP contribution in [0.3, 0.4) is 0 Å². The number of anilines is 2. The van der Waals surface area contributed by atoms with Crippen LogP contribution in [0.15, 0.2) is 36.7 Å². The van der Waals surface area contributed by atoms with Gasteiger partial charge in [0.1, 0.15) is 0 Å². The Morgan fingerprint density at radius 3 is 2.78 bits per heavy atom. The quantitative estimate of drug-likeness (QED) is 0.687. The largest absolute Gasteiger partial charge is 0.399 e. The summed E-state index contributed by atoms with van der Waals surface area (Å²) in [6.07, 6.45) is 2.92. The van der Waals surface area contributed by atoms with Gasteiger partial charge >= 0.3 is 0 Å². The summed E-state index contributed by atoms with van der Waals surface area (Å²) < 4.78 is 0. The van der Waals surface area contributed by atoms with Gasteiger partial charge in [-0.3, -0.25) is 4.79 Å². The van der Waals surface area contributed by atoms with Crippen molar-refractivity contribution < 1.29 is 4.79 Å². The molecule has 1 aromatic carbocycles. The lowest BCUT2D eigenvalue weighted by Crippen LogP contribution is -2.17. The van der Waals surface area contributed by atoms with Gasteiger partial charge < -0.3 is 16.8 Å². The lowest BCUT2D eigenvalue weighted by molar-refractivity contribution is 0.0996. The third-order valence-corrected chi connectivity index (χ3v) is 2.34. The van der Waals surface area contributed by atoms with E-state index in [9.17, 15) is 4.79 Å². The number of primary amides is 1. The minimum absolute atomic E-state index is 0.126. The van der Waals surface area contributed by atoms with Gasteiger partial charge in [0.2, 0.25) is 0 Å². The van der Waals surface area contributed by atoms with Crippen LogP contribution in [0.2, 0.25) is 0 Å². The number of carbonyl (C=O) groups excluding carboxylic acids is 1. The molecular weight excluding hydrogens is 230 g/mol. The zero-order chi connectivity index (χ0) is 13.0. The Morgan fingerprint density at radius 1 is 1.28 bits per heavy atom. The van der Waals surface area contributed by atoms with Gasteiger partial charge in [0.15, 0.2) is 11.5 Å². The Hall–Kier alpha value is -2.63. The maximum Gasteiger partial charge on any atom is 0.271 e. The number of benzene rings is 1. The Kier molecular flexibility index (Phi) is 3.38. The first kappa shape index (κ1) is 11.8. The second-order valence-electron chi connectivity index (χ2n) is 3.72. The zero-order valence-corrected chi connectivity index (χ0v) is 9.63. The smallest absolute Gasteiger partial charge is 0.271 e. The highest BCUT2D eigenvalue weighted by atomic mass is 16.1. The van der Waals surface area contributed by atoms with Crippen molar-refractivity contribution >= 4 is 17.4 Å². The molecule has 0 radical (unpaired) electrons. The van der Waals surface area contributed by atoms with Gasteiger partial charge in [0.25, 0.3) is 5.91 Å². The van der Waals surface area contributed by atoms with E-state index in [-0.39, 0.29) is 5.69 Å². The van der Waals surface area contributed by atoms with Crippen molar-refractivity contribution in [2.24, 2.45) is 5.73 Å². The number of nitrogens with one attached hydrogen (secondary N) is 1. The van der Waals surface area contributed by atoms with E-state index in [1.165, 1.54) is 12.4 Å². The SMILES string of the molecule is NC(=O)c1nccnc1NCc1cccc(N)c1. The molecule has 0 aliphatic carbocycles. The summed E-state index contributed by atoms with van der Waals surface area (Å²) >= 11 is 0. The van der Waals surface area contributed by atoms with Gasteiger partial charge in [0.05, 0.1) is 0 Å². The molecule has 2 rings (SSSR count). The third kappa shape index (κ3) is 2.73. The number of carbonyl (C=O) groups is 1. The molecule has 18 heavy (non-hydrogen) atoms. The van der Waals surface area contributed by atoms with E-state index in [2.05, 4.69) is 15.3 Å². The van der Waals surface area contributed by atoms with Crippen LogP contribution < -0.4 is 16.8 Å². The van der Waals surface area contributed by atoms with Crippen molar-refractivity contribution in [3.63, 3.8) is 0 Å². The van der Waals surface area contributed by atoms with Crippen molar-refractivity contribution in [1.82, 2.24) is 9.97 Å². The van der Waals surface area contributed by atoms with Crippen LogP contribution in [0, 0.1) is 0 Å². The molecule has 6 nitrogen and oxygen atoms in total. The van der Waals surface area contributed by atoms with Crippen LogP contribution in [0.5, 0.6) is 0 Å². The minimum atomic E-state index is -0.613. The second-order valence-corrected chi connectivity index (χ2v) is 3.72. The number of aromatic nitrogens is 2. The number of nitrogens with two attached hydrogens (primary N) is 2. The van der Waals surface area contributed by atoms with Gasteiger partial charge in [-0.2, -0.15) is 0 Å². The molecule has 6 heteroatoms. The molecule has 1 amide bonds. The molecule has 0 bridgehead atoms. The summed E-state index contributed by atoms with van der Waals surface area (Å²) in [5.41, 5.74) is 12.7. The fraction of sp³-hybridized carbons (Fsp3) is 0.0833. The topological polar surface area (TPSA) is 107 Å². The maximum atomic E-state index is 11.1. The molecule has 5 N–H and O–H groups in total. The monoisotopic (exact) mass is 243 g/mol. The van der Waals surface area contributed by atoms with Gasteiger partial charge in [-0.25, -0.2) is 9.97 Å². The number of nitrogens with zero attached hydrogens (tertiary/aromatic N) is 2.